The number of rotatable bonds is 5. The molecule has 0 unspecified atom stereocenters. The standard InChI is InChI=1S/C21H15ClN2O3S/c1-2-15-4-3-5-19(14-15)23-21(25)16-6-12-20(13-7-16)28(26,27)24-18-10-8-17(22)9-11-18/h1,3-14,24H,(H,23,25). The third-order valence-corrected chi connectivity index (χ3v) is 5.46. The molecule has 0 heterocycles. The van der Waals surface area contributed by atoms with Crippen molar-refractivity contribution in [1.82, 2.24) is 0 Å². The van der Waals surface area contributed by atoms with Crippen molar-refractivity contribution < 1.29 is 13.2 Å². The zero-order valence-corrected chi connectivity index (χ0v) is 16.1. The quantitative estimate of drug-likeness (QED) is 0.613. The van der Waals surface area contributed by atoms with E-state index in [9.17, 15) is 13.2 Å². The van der Waals surface area contributed by atoms with Crippen LogP contribution in [0.3, 0.4) is 0 Å². The molecule has 3 aromatic rings. The first-order valence-electron chi connectivity index (χ1n) is 8.14. The Labute approximate surface area is 168 Å². The number of hydrogen-bond acceptors (Lipinski definition) is 3. The fourth-order valence-corrected chi connectivity index (χ4v) is 3.59. The van der Waals surface area contributed by atoms with E-state index in [1.807, 2.05) is 0 Å². The van der Waals surface area contributed by atoms with Crippen molar-refractivity contribution >= 4 is 38.9 Å². The summed E-state index contributed by atoms with van der Waals surface area (Å²) >= 11 is 5.80. The molecule has 140 valence electrons. The number of nitrogens with one attached hydrogen (secondary N) is 2. The van der Waals surface area contributed by atoms with E-state index in [0.29, 0.717) is 27.5 Å². The molecular weight excluding hydrogens is 396 g/mol. The number of hydrogen-bond donors (Lipinski definition) is 2. The second-order valence-electron chi connectivity index (χ2n) is 5.82. The molecule has 0 spiro atoms. The Morgan fingerprint density at radius 2 is 1.61 bits per heavy atom. The highest BCUT2D eigenvalue weighted by molar-refractivity contribution is 7.92. The molecule has 0 aliphatic rings. The number of anilines is 2. The van der Waals surface area contributed by atoms with E-state index in [2.05, 4.69) is 16.0 Å². The molecule has 0 radical (unpaired) electrons. The van der Waals surface area contributed by atoms with Gasteiger partial charge in [0, 0.05) is 27.5 Å². The van der Waals surface area contributed by atoms with Crippen LogP contribution in [0, 0.1) is 12.3 Å². The van der Waals surface area contributed by atoms with Gasteiger partial charge in [-0.15, -0.1) is 6.42 Å². The summed E-state index contributed by atoms with van der Waals surface area (Å²) < 4.78 is 27.4. The van der Waals surface area contributed by atoms with Crippen LogP contribution in [0.4, 0.5) is 11.4 Å². The lowest BCUT2D eigenvalue weighted by Crippen LogP contribution is -2.14. The van der Waals surface area contributed by atoms with E-state index in [4.69, 9.17) is 18.0 Å². The van der Waals surface area contributed by atoms with Crippen molar-refractivity contribution in [2.75, 3.05) is 10.0 Å². The SMILES string of the molecule is C#Cc1cccc(NC(=O)c2ccc(S(=O)(=O)Nc3ccc(Cl)cc3)cc2)c1. The molecule has 2 N–H and O–H groups in total. The highest BCUT2D eigenvalue weighted by Crippen LogP contribution is 2.19. The van der Waals surface area contributed by atoms with Gasteiger partial charge in [0.2, 0.25) is 0 Å². The summed E-state index contributed by atoms with van der Waals surface area (Å²) in [6.07, 6.45) is 5.35. The van der Waals surface area contributed by atoms with Gasteiger partial charge in [0.15, 0.2) is 0 Å². The van der Waals surface area contributed by atoms with Crippen LogP contribution in [0.2, 0.25) is 5.02 Å². The van der Waals surface area contributed by atoms with Gasteiger partial charge < -0.3 is 5.32 Å². The number of terminal acetylenes is 1. The normalized spacial score (nSPS) is 10.7. The molecule has 0 saturated carbocycles. The van der Waals surface area contributed by atoms with E-state index in [0.717, 1.165) is 0 Å². The molecule has 0 bridgehead atoms. The smallest absolute Gasteiger partial charge is 0.261 e. The maximum absolute atomic E-state index is 12.5. The van der Waals surface area contributed by atoms with E-state index in [1.165, 1.54) is 24.3 Å². The molecule has 0 saturated heterocycles. The van der Waals surface area contributed by atoms with Gasteiger partial charge >= 0.3 is 0 Å². The fraction of sp³-hybridized carbons (Fsp3) is 0. The van der Waals surface area contributed by atoms with Crippen LogP contribution in [-0.4, -0.2) is 14.3 Å². The lowest BCUT2D eigenvalue weighted by molar-refractivity contribution is 0.102. The van der Waals surface area contributed by atoms with Crippen LogP contribution in [0.25, 0.3) is 0 Å². The van der Waals surface area contributed by atoms with Gasteiger partial charge in [0.1, 0.15) is 0 Å². The van der Waals surface area contributed by atoms with Gasteiger partial charge in [0.05, 0.1) is 4.90 Å². The molecule has 0 aliphatic heterocycles. The highest BCUT2D eigenvalue weighted by atomic mass is 35.5. The van der Waals surface area contributed by atoms with Crippen LogP contribution in [0.1, 0.15) is 15.9 Å². The molecule has 7 heteroatoms. The zero-order valence-electron chi connectivity index (χ0n) is 14.5. The van der Waals surface area contributed by atoms with Crippen LogP contribution >= 0.6 is 11.6 Å². The van der Waals surface area contributed by atoms with E-state index in [-0.39, 0.29) is 10.8 Å². The zero-order chi connectivity index (χ0) is 20.1. The van der Waals surface area contributed by atoms with Crippen molar-refractivity contribution in [3.05, 3.63) is 88.9 Å². The molecule has 0 aromatic heterocycles. The summed E-state index contributed by atoms with van der Waals surface area (Å²) in [6.45, 7) is 0. The molecule has 3 rings (SSSR count). The van der Waals surface area contributed by atoms with Gasteiger partial charge in [-0.05, 0) is 66.7 Å². The van der Waals surface area contributed by atoms with E-state index < -0.39 is 10.0 Å². The second-order valence-corrected chi connectivity index (χ2v) is 7.93. The average molecular weight is 411 g/mol. The molecule has 5 nitrogen and oxygen atoms in total. The van der Waals surface area contributed by atoms with Crippen molar-refractivity contribution in [2.45, 2.75) is 4.90 Å². The minimum atomic E-state index is -3.78. The van der Waals surface area contributed by atoms with Gasteiger partial charge in [-0.2, -0.15) is 0 Å². The summed E-state index contributed by atoms with van der Waals surface area (Å²) in [7, 11) is -3.78. The molecule has 1 amide bonds. The number of carbonyl (C=O) groups excluding carboxylic acids is 1. The molecule has 28 heavy (non-hydrogen) atoms. The summed E-state index contributed by atoms with van der Waals surface area (Å²) in [5, 5.41) is 3.23. The Kier molecular flexibility index (Phi) is 5.69. The van der Waals surface area contributed by atoms with Gasteiger partial charge in [0.25, 0.3) is 15.9 Å². The Balaban J connectivity index is 1.74. The van der Waals surface area contributed by atoms with E-state index in [1.54, 1.807) is 48.5 Å². The third-order valence-electron chi connectivity index (χ3n) is 3.81. The topological polar surface area (TPSA) is 75.3 Å². The minimum absolute atomic E-state index is 0.0355. The average Bonchev–Trinajstić information content (AvgIpc) is 2.70. The van der Waals surface area contributed by atoms with Crippen molar-refractivity contribution in [3.63, 3.8) is 0 Å². The highest BCUT2D eigenvalue weighted by Gasteiger charge is 2.15. The monoisotopic (exact) mass is 410 g/mol. The van der Waals surface area contributed by atoms with Crippen LogP contribution in [0.15, 0.2) is 77.7 Å². The number of halogens is 1. The molecule has 0 fully saturated rings. The summed E-state index contributed by atoms with van der Waals surface area (Å²) in [6, 6.07) is 18.8. The lowest BCUT2D eigenvalue weighted by atomic mass is 10.2. The Morgan fingerprint density at radius 1 is 0.929 bits per heavy atom. The fourth-order valence-electron chi connectivity index (χ4n) is 2.41. The second kappa shape index (κ2) is 8.17. The van der Waals surface area contributed by atoms with Gasteiger partial charge in [-0.3, -0.25) is 9.52 Å². The Morgan fingerprint density at radius 3 is 2.25 bits per heavy atom. The predicted octanol–water partition coefficient (Wildman–Crippen LogP) is 4.37. The van der Waals surface area contributed by atoms with Crippen LogP contribution in [0.5, 0.6) is 0 Å². The van der Waals surface area contributed by atoms with Gasteiger partial charge in [-0.25, -0.2) is 8.42 Å². The number of sulfonamides is 1. The first-order chi connectivity index (χ1) is 13.4. The molecule has 0 aliphatic carbocycles. The van der Waals surface area contributed by atoms with Crippen LogP contribution < -0.4 is 10.0 Å². The van der Waals surface area contributed by atoms with Crippen molar-refractivity contribution in [2.24, 2.45) is 0 Å². The predicted molar refractivity (Wildman–Crippen MR) is 111 cm³/mol. The van der Waals surface area contributed by atoms with Crippen LogP contribution in [-0.2, 0) is 10.0 Å². The molecule has 0 atom stereocenters. The summed E-state index contributed by atoms with van der Waals surface area (Å²) in [5.41, 5.74) is 1.91. The van der Waals surface area contributed by atoms with Gasteiger partial charge in [-0.1, -0.05) is 23.6 Å². The van der Waals surface area contributed by atoms with Crippen molar-refractivity contribution in [3.8, 4) is 12.3 Å². The first-order valence-corrected chi connectivity index (χ1v) is 10.00. The maximum Gasteiger partial charge on any atom is 0.261 e. The maximum atomic E-state index is 12.5. The Bertz CT molecular complexity index is 1150. The summed E-state index contributed by atoms with van der Waals surface area (Å²) in [5.74, 6) is 2.12. The lowest BCUT2D eigenvalue weighted by Gasteiger charge is -2.09. The molecular formula is C21H15ClN2O3S. The summed E-state index contributed by atoms with van der Waals surface area (Å²) in [4.78, 5) is 12.4. The molecule has 3 aromatic carbocycles. The number of benzene rings is 3. The van der Waals surface area contributed by atoms with E-state index >= 15 is 0 Å². The number of carbonyl (C=O) groups is 1. The Hall–Kier alpha value is -3.27. The van der Waals surface area contributed by atoms with Crippen molar-refractivity contribution in [1.29, 1.82) is 0 Å². The largest absolute Gasteiger partial charge is 0.322 e. The number of amides is 1. The minimum Gasteiger partial charge on any atom is -0.322 e. The third kappa shape index (κ3) is 4.71. The first kappa shape index (κ1) is 19.5.